The molecule has 6 nitrogen and oxygen atoms in total. The maximum atomic E-state index is 13.0. The Bertz CT molecular complexity index is 1030. The molecule has 0 spiro atoms. The lowest BCUT2D eigenvalue weighted by Crippen LogP contribution is -2.30. The van der Waals surface area contributed by atoms with Crippen molar-refractivity contribution in [1.29, 1.82) is 0 Å². The van der Waals surface area contributed by atoms with Crippen molar-refractivity contribution in [2.24, 2.45) is 0 Å². The molecule has 0 saturated carbocycles. The van der Waals surface area contributed by atoms with Gasteiger partial charge in [-0.2, -0.15) is 0 Å². The van der Waals surface area contributed by atoms with E-state index >= 15 is 0 Å². The summed E-state index contributed by atoms with van der Waals surface area (Å²) in [6.45, 7) is 5.85. The van der Waals surface area contributed by atoms with E-state index in [0.717, 1.165) is 41.3 Å². The van der Waals surface area contributed by atoms with Crippen LogP contribution in [0.25, 0.3) is 5.76 Å². The van der Waals surface area contributed by atoms with Crippen LogP contribution < -0.4 is 9.64 Å². The van der Waals surface area contributed by atoms with Crippen molar-refractivity contribution in [3.05, 3.63) is 51.2 Å². The Kier molecular flexibility index (Phi) is 5.56. The number of thiophene rings is 1. The second kappa shape index (κ2) is 8.14. The van der Waals surface area contributed by atoms with Crippen molar-refractivity contribution >= 4 is 34.5 Å². The molecule has 1 saturated heterocycles. The van der Waals surface area contributed by atoms with Crippen LogP contribution in [0, 0.1) is 6.92 Å². The van der Waals surface area contributed by atoms with Gasteiger partial charge in [0.25, 0.3) is 11.7 Å². The molecule has 1 amide bonds. The Morgan fingerprint density at radius 2 is 2.10 bits per heavy atom. The summed E-state index contributed by atoms with van der Waals surface area (Å²) in [7, 11) is 1.96. The number of carbonyl (C=O) groups is 2. The van der Waals surface area contributed by atoms with Crippen molar-refractivity contribution in [3.8, 4) is 5.75 Å². The van der Waals surface area contributed by atoms with E-state index in [-0.39, 0.29) is 11.3 Å². The normalized spacial score (nSPS) is 20.4. The second-order valence-corrected chi connectivity index (χ2v) is 8.71. The van der Waals surface area contributed by atoms with Crippen molar-refractivity contribution < 1.29 is 19.4 Å². The van der Waals surface area contributed by atoms with Gasteiger partial charge in [0.05, 0.1) is 23.8 Å². The van der Waals surface area contributed by atoms with Crippen LogP contribution in [0.3, 0.4) is 0 Å². The first-order valence-electron chi connectivity index (χ1n) is 10.2. The van der Waals surface area contributed by atoms with E-state index < -0.39 is 17.7 Å². The molecular weight excluding hydrogens is 400 g/mol. The number of aryl methyl sites for hydroxylation is 1. The molecule has 0 radical (unpaired) electrons. The highest BCUT2D eigenvalue weighted by Crippen LogP contribution is 2.43. The summed E-state index contributed by atoms with van der Waals surface area (Å²) in [6.07, 6.45) is 1.71. The molecular formula is C23H26N2O4S. The summed E-state index contributed by atoms with van der Waals surface area (Å²) >= 11 is 1.51. The SMILES string of the molecule is CCCCN1C(=O)C(=O)/C(=C(\O)c2ccc3c(c2)N(C)CCO3)C1c1sccc1C. The van der Waals surface area contributed by atoms with E-state index in [1.165, 1.54) is 11.3 Å². The first-order valence-corrected chi connectivity index (χ1v) is 11.1. The van der Waals surface area contributed by atoms with Crippen molar-refractivity contribution in [3.63, 3.8) is 0 Å². The standard InChI is InChI=1S/C23H26N2O4S/c1-4-5-9-25-19(22-14(2)8-12-30-22)18(21(27)23(25)28)20(26)15-6-7-17-16(13-15)24(3)10-11-29-17/h6-8,12-13,19,26H,4-5,9-11H2,1-3H3/b20-18-. The average molecular weight is 427 g/mol. The molecule has 30 heavy (non-hydrogen) atoms. The highest BCUT2D eigenvalue weighted by atomic mass is 32.1. The molecule has 1 fully saturated rings. The second-order valence-electron chi connectivity index (χ2n) is 7.77. The number of fused-ring (bicyclic) bond motifs is 1. The summed E-state index contributed by atoms with van der Waals surface area (Å²) in [5.41, 5.74) is 2.55. The number of aliphatic hydroxyl groups is 1. The fraction of sp³-hybridized carbons (Fsp3) is 0.391. The van der Waals surface area contributed by atoms with Gasteiger partial charge in [-0.15, -0.1) is 11.3 Å². The number of ketones is 1. The van der Waals surface area contributed by atoms with Gasteiger partial charge in [0.15, 0.2) is 0 Å². The average Bonchev–Trinajstić information content (AvgIpc) is 3.27. The van der Waals surface area contributed by atoms with Crippen LogP contribution in [0.4, 0.5) is 5.69 Å². The number of benzene rings is 1. The number of likely N-dealkylation sites (N-methyl/N-ethyl adjacent to an activating group) is 1. The monoisotopic (exact) mass is 426 g/mol. The van der Waals surface area contributed by atoms with Gasteiger partial charge >= 0.3 is 0 Å². The van der Waals surface area contributed by atoms with E-state index in [9.17, 15) is 14.7 Å². The van der Waals surface area contributed by atoms with Crippen LogP contribution in [0.2, 0.25) is 0 Å². The summed E-state index contributed by atoms with van der Waals surface area (Å²) in [5.74, 6) is -0.550. The van der Waals surface area contributed by atoms with Gasteiger partial charge in [-0.3, -0.25) is 9.59 Å². The minimum Gasteiger partial charge on any atom is -0.507 e. The summed E-state index contributed by atoms with van der Waals surface area (Å²) < 4.78 is 5.68. The number of aliphatic hydroxyl groups excluding tert-OH is 1. The van der Waals surface area contributed by atoms with Crippen molar-refractivity contribution in [2.75, 3.05) is 31.6 Å². The largest absolute Gasteiger partial charge is 0.507 e. The zero-order chi connectivity index (χ0) is 21.4. The zero-order valence-electron chi connectivity index (χ0n) is 17.5. The lowest BCUT2D eigenvalue weighted by atomic mass is 9.97. The molecule has 1 N–H and O–H groups in total. The predicted molar refractivity (Wildman–Crippen MR) is 118 cm³/mol. The molecule has 2 aliphatic heterocycles. The minimum absolute atomic E-state index is 0.132. The van der Waals surface area contributed by atoms with Gasteiger partial charge in [0, 0.05) is 24.0 Å². The fourth-order valence-electron chi connectivity index (χ4n) is 4.03. The Morgan fingerprint density at radius 3 is 2.80 bits per heavy atom. The summed E-state index contributed by atoms with van der Waals surface area (Å²) in [5, 5.41) is 13.2. The maximum Gasteiger partial charge on any atom is 0.295 e. The Hall–Kier alpha value is -2.80. The molecule has 0 bridgehead atoms. The number of amides is 1. The van der Waals surface area contributed by atoms with E-state index in [1.807, 2.05) is 38.4 Å². The highest BCUT2D eigenvalue weighted by molar-refractivity contribution is 7.10. The number of rotatable bonds is 5. The number of carbonyl (C=O) groups excluding carboxylic acids is 2. The van der Waals surface area contributed by atoms with Gasteiger partial charge in [0.2, 0.25) is 0 Å². The topological polar surface area (TPSA) is 70.1 Å². The van der Waals surface area contributed by atoms with Crippen LogP contribution in [0.5, 0.6) is 5.75 Å². The van der Waals surface area contributed by atoms with Crippen LogP contribution in [0.1, 0.15) is 41.8 Å². The third kappa shape index (κ3) is 3.37. The molecule has 3 heterocycles. The van der Waals surface area contributed by atoms with Crippen LogP contribution >= 0.6 is 11.3 Å². The molecule has 2 aromatic rings. The van der Waals surface area contributed by atoms with Gasteiger partial charge < -0.3 is 19.6 Å². The lowest BCUT2D eigenvalue weighted by molar-refractivity contribution is -0.139. The molecule has 158 valence electrons. The quantitative estimate of drug-likeness (QED) is 0.443. The number of Topliss-reactive ketones (excluding diaryl/α,β-unsaturated/α-hetero) is 1. The van der Waals surface area contributed by atoms with E-state index in [4.69, 9.17) is 4.74 Å². The number of unbranched alkanes of at least 4 members (excludes halogenated alkanes) is 1. The van der Waals surface area contributed by atoms with Crippen LogP contribution in [-0.4, -0.2) is 48.4 Å². The molecule has 1 atom stereocenters. The number of nitrogens with zero attached hydrogens (tertiary/aromatic N) is 2. The summed E-state index contributed by atoms with van der Waals surface area (Å²) in [6, 6.07) is 6.79. The molecule has 7 heteroatoms. The third-order valence-electron chi connectivity index (χ3n) is 5.77. The van der Waals surface area contributed by atoms with Gasteiger partial charge in [-0.25, -0.2) is 0 Å². The number of hydrogen-bond donors (Lipinski definition) is 1. The number of ether oxygens (including phenoxy) is 1. The molecule has 1 aromatic heterocycles. The van der Waals surface area contributed by atoms with E-state index in [1.54, 1.807) is 17.0 Å². The molecule has 1 aromatic carbocycles. The van der Waals surface area contributed by atoms with E-state index in [0.29, 0.717) is 18.7 Å². The first-order chi connectivity index (χ1) is 14.4. The van der Waals surface area contributed by atoms with Crippen molar-refractivity contribution in [1.82, 2.24) is 4.90 Å². The van der Waals surface area contributed by atoms with Crippen molar-refractivity contribution in [2.45, 2.75) is 32.7 Å². The van der Waals surface area contributed by atoms with Gasteiger partial charge in [-0.05, 0) is 48.6 Å². The third-order valence-corrected chi connectivity index (χ3v) is 6.84. The van der Waals surface area contributed by atoms with Gasteiger partial charge in [-0.1, -0.05) is 13.3 Å². The van der Waals surface area contributed by atoms with Gasteiger partial charge in [0.1, 0.15) is 18.1 Å². The lowest BCUT2D eigenvalue weighted by Gasteiger charge is -2.28. The Morgan fingerprint density at radius 1 is 1.30 bits per heavy atom. The number of likely N-dealkylation sites (tertiary alicyclic amines) is 1. The predicted octanol–water partition coefficient (Wildman–Crippen LogP) is 4.11. The maximum absolute atomic E-state index is 13.0. The number of anilines is 1. The zero-order valence-corrected chi connectivity index (χ0v) is 18.3. The Labute approximate surface area is 180 Å². The minimum atomic E-state index is -0.622. The highest BCUT2D eigenvalue weighted by Gasteiger charge is 2.46. The van der Waals surface area contributed by atoms with Crippen LogP contribution in [-0.2, 0) is 9.59 Å². The van der Waals surface area contributed by atoms with Crippen LogP contribution in [0.15, 0.2) is 35.2 Å². The fourth-order valence-corrected chi connectivity index (χ4v) is 5.08. The smallest absolute Gasteiger partial charge is 0.295 e. The molecule has 4 rings (SSSR count). The number of hydrogen-bond acceptors (Lipinski definition) is 6. The Balaban J connectivity index is 1.84. The molecule has 0 aliphatic carbocycles. The first kappa shape index (κ1) is 20.5. The molecule has 1 unspecified atom stereocenters. The van der Waals surface area contributed by atoms with E-state index in [2.05, 4.69) is 4.90 Å². The molecule has 2 aliphatic rings. The summed E-state index contributed by atoms with van der Waals surface area (Å²) in [4.78, 5) is 30.5.